The molecule has 10 atom stereocenters. The Hall–Kier alpha value is -1.62. The maximum atomic E-state index is 12.4. The molecule has 5 nitrogen and oxygen atoms in total. The lowest BCUT2D eigenvalue weighted by Crippen LogP contribution is -2.66. The number of aliphatic hydroxyl groups is 1. The quantitative estimate of drug-likeness (QED) is 0.219. The summed E-state index contributed by atoms with van der Waals surface area (Å²) >= 11 is 0. The van der Waals surface area contributed by atoms with E-state index in [2.05, 4.69) is 48.1 Å². The molecule has 0 aromatic rings. The van der Waals surface area contributed by atoms with Crippen LogP contribution in [0.4, 0.5) is 0 Å². The monoisotopic (exact) mass is 540 g/mol. The van der Waals surface area contributed by atoms with Crippen molar-refractivity contribution in [3.63, 3.8) is 0 Å². The Bertz CT molecular complexity index is 1060. The van der Waals surface area contributed by atoms with Gasteiger partial charge in [-0.3, -0.25) is 0 Å². The first-order valence-corrected chi connectivity index (χ1v) is 15.5. The van der Waals surface area contributed by atoms with Gasteiger partial charge in [0.15, 0.2) is 0 Å². The number of rotatable bonds is 5. The fourth-order valence-electron chi connectivity index (χ4n) is 11.9. The number of ether oxygens (including phenoxy) is 1. The first-order chi connectivity index (χ1) is 18.1. The third-order valence-electron chi connectivity index (χ3n) is 14.1. The molecule has 0 aromatic carbocycles. The molecule has 39 heavy (non-hydrogen) atoms. The number of carbonyl (C=O) groups excluding carboxylic acids is 1. The van der Waals surface area contributed by atoms with E-state index in [9.17, 15) is 14.7 Å². The van der Waals surface area contributed by atoms with Crippen molar-refractivity contribution in [1.29, 1.82) is 0 Å². The summed E-state index contributed by atoms with van der Waals surface area (Å²) in [6.45, 7) is 19.4. The van der Waals surface area contributed by atoms with Gasteiger partial charge in [0.2, 0.25) is 0 Å². The zero-order valence-electron chi connectivity index (χ0n) is 25.2. The Balaban J connectivity index is 1.47. The fraction of sp³-hybridized carbons (Fsp3) is 0.824. The van der Waals surface area contributed by atoms with E-state index >= 15 is 0 Å². The average molecular weight is 541 g/mol. The summed E-state index contributed by atoms with van der Waals surface area (Å²) in [6.07, 6.45) is 13.0. The molecule has 7 unspecified atom stereocenters. The topological polar surface area (TPSA) is 83.8 Å². The van der Waals surface area contributed by atoms with E-state index in [1.54, 1.807) is 0 Å². The van der Waals surface area contributed by atoms with E-state index in [4.69, 9.17) is 9.84 Å². The number of carboxylic acids is 1. The van der Waals surface area contributed by atoms with Crippen LogP contribution in [0.2, 0.25) is 0 Å². The number of aliphatic hydroxyl groups excluding tert-OH is 1. The molecule has 2 N–H and O–H groups in total. The van der Waals surface area contributed by atoms with Crippen molar-refractivity contribution < 1.29 is 24.5 Å². The van der Waals surface area contributed by atoms with Crippen LogP contribution in [0.3, 0.4) is 0 Å². The van der Waals surface area contributed by atoms with Gasteiger partial charge in [-0.05, 0) is 122 Å². The normalized spacial score (nSPS) is 48.4. The van der Waals surface area contributed by atoms with Gasteiger partial charge in [0.25, 0.3) is 0 Å². The molecule has 5 rings (SSSR count). The van der Waals surface area contributed by atoms with Crippen molar-refractivity contribution in [3.05, 3.63) is 24.3 Å². The summed E-state index contributed by atoms with van der Waals surface area (Å²) in [5.41, 5.74) is 1.88. The van der Waals surface area contributed by atoms with E-state index in [-0.39, 0.29) is 33.2 Å². The SMILES string of the molecule is C=C(C)C1CCC2(COC(=O)/C=C/C(=O)O)CC[C@]3(C)C(CCC4[C@@]5(C)CCC(O)C(C)(C)C5CC[C@]43C)C12. The molecule has 218 valence electrons. The number of aliphatic carboxylic acids is 1. The second kappa shape index (κ2) is 9.46. The minimum absolute atomic E-state index is 0.0384. The van der Waals surface area contributed by atoms with Gasteiger partial charge in [-0.2, -0.15) is 0 Å². The number of carbonyl (C=O) groups is 2. The standard InChI is InChI=1S/C34H52O5/c1-21(2)22-12-17-34(20-39-28(38)11-10-27(36)37)19-18-32(6)23(29(22)34)8-9-25-31(5)15-14-26(35)30(3,4)24(31)13-16-33(25,32)7/h10-11,22-26,29,35H,1,8-9,12-20H2,2-7H3,(H,36,37)/b11-10+/t22?,23?,24?,25?,26?,29?,31-,32+,33+,34?/m0/s1. The third kappa shape index (κ3) is 4.10. The molecule has 0 bridgehead atoms. The molecule has 0 amide bonds. The maximum Gasteiger partial charge on any atom is 0.331 e. The molecule has 5 heteroatoms. The van der Waals surface area contributed by atoms with Crippen LogP contribution in [0.1, 0.15) is 106 Å². The molecule has 5 saturated carbocycles. The van der Waals surface area contributed by atoms with Gasteiger partial charge in [0.1, 0.15) is 0 Å². The van der Waals surface area contributed by atoms with Crippen LogP contribution in [0.15, 0.2) is 24.3 Å². The minimum atomic E-state index is -1.14. The second-order valence-electron chi connectivity index (χ2n) is 15.7. The molecule has 0 aromatic heterocycles. The molecule has 0 aliphatic heterocycles. The first-order valence-electron chi connectivity index (χ1n) is 15.5. The molecule has 0 radical (unpaired) electrons. The van der Waals surface area contributed by atoms with E-state index < -0.39 is 11.9 Å². The van der Waals surface area contributed by atoms with Gasteiger partial charge in [-0.1, -0.05) is 46.8 Å². The Morgan fingerprint density at radius 3 is 2.26 bits per heavy atom. The molecular weight excluding hydrogens is 488 g/mol. The van der Waals surface area contributed by atoms with Crippen LogP contribution in [-0.4, -0.2) is 34.9 Å². The molecular formula is C34H52O5. The van der Waals surface area contributed by atoms with Crippen LogP contribution in [0, 0.1) is 56.7 Å². The summed E-state index contributed by atoms with van der Waals surface area (Å²) in [4.78, 5) is 23.3. The number of hydrogen-bond acceptors (Lipinski definition) is 4. The number of allylic oxidation sites excluding steroid dienone is 1. The highest BCUT2D eigenvalue weighted by molar-refractivity contribution is 5.90. The van der Waals surface area contributed by atoms with Gasteiger partial charge in [-0.25, -0.2) is 9.59 Å². The second-order valence-corrected chi connectivity index (χ2v) is 15.7. The Kier molecular flexibility index (Phi) is 7.01. The lowest BCUT2D eigenvalue weighted by atomic mass is 9.32. The molecule has 0 heterocycles. The number of carboxylic acid groups (broad SMARTS) is 1. The zero-order chi connectivity index (χ0) is 28.6. The summed E-state index contributed by atoms with van der Waals surface area (Å²) in [7, 11) is 0. The smallest absolute Gasteiger partial charge is 0.331 e. The van der Waals surface area contributed by atoms with Crippen molar-refractivity contribution in [2.75, 3.05) is 6.61 Å². The predicted octanol–water partition coefficient (Wildman–Crippen LogP) is 7.19. The van der Waals surface area contributed by atoms with E-state index in [0.717, 1.165) is 50.7 Å². The Morgan fingerprint density at radius 2 is 1.59 bits per heavy atom. The molecule has 0 saturated heterocycles. The average Bonchev–Trinajstić information content (AvgIpc) is 3.25. The van der Waals surface area contributed by atoms with Gasteiger partial charge in [0.05, 0.1) is 12.7 Å². The Labute approximate surface area is 235 Å². The van der Waals surface area contributed by atoms with E-state index in [1.165, 1.54) is 31.3 Å². The molecule has 5 aliphatic rings. The van der Waals surface area contributed by atoms with Gasteiger partial charge >= 0.3 is 11.9 Å². The predicted molar refractivity (Wildman–Crippen MR) is 153 cm³/mol. The fourth-order valence-corrected chi connectivity index (χ4v) is 11.9. The van der Waals surface area contributed by atoms with Crippen molar-refractivity contribution in [2.45, 2.75) is 112 Å². The summed E-state index contributed by atoms with van der Waals surface area (Å²) < 4.78 is 5.79. The highest BCUT2D eigenvalue weighted by Gasteiger charge is 2.70. The Morgan fingerprint density at radius 1 is 0.872 bits per heavy atom. The minimum Gasteiger partial charge on any atom is -0.478 e. The zero-order valence-corrected chi connectivity index (χ0v) is 25.2. The van der Waals surface area contributed by atoms with Gasteiger partial charge < -0.3 is 14.9 Å². The largest absolute Gasteiger partial charge is 0.478 e. The maximum absolute atomic E-state index is 12.4. The van der Waals surface area contributed by atoms with Crippen molar-refractivity contribution in [2.24, 2.45) is 56.7 Å². The number of fused-ring (bicyclic) bond motifs is 7. The highest BCUT2D eigenvalue weighted by atomic mass is 16.5. The van der Waals surface area contributed by atoms with Crippen molar-refractivity contribution >= 4 is 11.9 Å². The van der Waals surface area contributed by atoms with Crippen LogP contribution >= 0.6 is 0 Å². The number of esters is 1. The van der Waals surface area contributed by atoms with Crippen LogP contribution in [0.5, 0.6) is 0 Å². The summed E-state index contributed by atoms with van der Waals surface area (Å²) in [5, 5.41) is 19.9. The summed E-state index contributed by atoms with van der Waals surface area (Å²) in [5.74, 6) is 0.977. The van der Waals surface area contributed by atoms with Crippen LogP contribution < -0.4 is 0 Å². The van der Waals surface area contributed by atoms with Crippen LogP contribution in [-0.2, 0) is 14.3 Å². The van der Waals surface area contributed by atoms with Crippen molar-refractivity contribution in [3.8, 4) is 0 Å². The van der Waals surface area contributed by atoms with Crippen LogP contribution in [0.25, 0.3) is 0 Å². The van der Waals surface area contributed by atoms with E-state index in [1.807, 2.05) is 0 Å². The lowest BCUT2D eigenvalue weighted by Gasteiger charge is -2.73. The lowest BCUT2D eigenvalue weighted by molar-refractivity contribution is -0.249. The highest BCUT2D eigenvalue weighted by Crippen LogP contribution is 2.77. The molecule has 0 spiro atoms. The summed E-state index contributed by atoms with van der Waals surface area (Å²) in [6, 6.07) is 0. The number of hydrogen-bond donors (Lipinski definition) is 2. The molecule has 5 fully saturated rings. The van der Waals surface area contributed by atoms with Crippen molar-refractivity contribution in [1.82, 2.24) is 0 Å². The molecule has 5 aliphatic carbocycles. The van der Waals surface area contributed by atoms with Gasteiger partial charge in [0, 0.05) is 17.6 Å². The third-order valence-corrected chi connectivity index (χ3v) is 14.1. The van der Waals surface area contributed by atoms with E-state index in [0.29, 0.717) is 36.2 Å². The van der Waals surface area contributed by atoms with Gasteiger partial charge in [-0.15, -0.1) is 0 Å². The first kappa shape index (κ1) is 28.9.